The highest BCUT2D eigenvalue weighted by atomic mass is 14.9. The zero-order chi connectivity index (χ0) is 14.4. The van der Waals surface area contributed by atoms with Crippen molar-refractivity contribution in [3.05, 3.63) is 47.8 Å². The molecule has 0 spiro atoms. The Morgan fingerprint density at radius 1 is 1.38 bits per heavy atom. The van der Waals surface area contributed by atoms with Gasteiger partial charge in [0.05, 0.1) is 16.6 Å². The molecule has 1 aromatic carbocycles. The van der Waals surface area contributed by atoms with Gasteiger partial charge < -0.3 is 4.98 Å². The van der Waals surface area contributed by atoms with Crippen LogP contribution in [0.4, 0.5) is 0 Å². The van der Waals surface area contributed by atoms with E-state index in [2.05, 4.69) is 47.3 Å². The minimum absolute atomic E-state index is 0.490. The van der Waals surface area contributed by atoms with Crippen molar-refractivity contribution in [3.63, 3.8) is 0 Å². The van der Waals surface area contributed by atoms with Gasteiger partial charge >= 0.3 is 0 Å². The fourth-order valence-corrected chi connectivity index (χ4v) is 3.65. The Bertz CT molecular complexity index is 803. The molecule has 2 aliphatic rings. The van der Waals surface area contributed by atoms with Crippen LogP contribution in [0.5, 0.6) is 0 Å². The van der Waals surface area contributed by atoms with E-state index in [0.29, 0.717) is 23.2 Å². The molecular formula is C18H17N3. The fraction of sp³-hybridized carbons (Fsp3) is 0.333. The SMILES string of the molecule is Cc1ccc2nc(/C(C#N)=C/C3CC4C=CC3C4)[nH]c2c1. The molecule has 3 nitrogen and oxygen atoms in total. The summed E-state index contributed by atoms with van der Waals surface area (Å²) >= 11 is 0. The Hall–Kier alpha value is -2.34. The predicted molar refractivity (Wildman–Crippen MR) is 83.3 cm³/mol. The lowest BCUT2D eigenvalue weighted by Gasteiger charge is -2.13. The molecule has 3 heteroatoms. The van der Waals surface area contributed by atoms with E-state index in [1.165, 1.54) is 18.4 Å². The summed E-state index contributed by atoms with van der Waals surface area (Å²) in [6.07, 6.45) is 9.18. The van der Waals surface area contributed by atoms with Gasteiger partial charge in [-0.3, -0.25) is 0 Å². The van der Waals surface area contributed by atoms with E-state index in [4.69, 9.17) is 0 Å². The van der Waals surface area contributed by atoms with Crippen molar-refractivity contribution in [2.45, 2.75) is 19.8 Å². The number of benzene rings is 1. The second-order valence-electron chi connectivity index (χ2n) is 6.24. The second kappa shape index (κ2) is 4.60. The maximum absolute atomic E-state index is 9.49. The summed E-state index contributed by atoms with van der Waals surface area (Å²) in [6, 6.07) is 8.44. The first-order valence-corrected chi connectivity index (χ1v) is 7.50. The molecule has 1 N–H and O–H groups in total. The van der Waals surface area contributed by atoms with Crippen molar-refractivity contribution in [3.8, 4) is 6.07 Å². The molecule has 0 amide bonds. The van der Waals surface area contributed by atoms with E-state index >= 15 is 0 Å². The topological polar surface area (TPSA) is 52.5 Å². The van der Waals surface area contributed by atoms with E-state index in [1.54, 1.807) is 0 Å². The number of aromatic nitrogens is 2. The van der Waals surface area contributed by atoms with Crippen LogP contribution in [0.25, 0.3) is 16.6 Å². The van der Waals surface area contributed by atoms with Crippen molar-refractivity contribution < 1.29 is 0 Å². The fourth-order valence-electron chi connectivity index (χ4n) is 3.65. The molecular weight excluding hydrogens is 258 g/mol. The quantitative estimate of drug-likeness (QED) is 0.665. The third kappa shape index (κ3) is 2.08. The van der Waals surface area contributed by atoms with Gasteiger partial charge in [-0.15, -0.1) is 0 Å². The number of rotatable bonds is 2. The van der Waals surface area contributed by atoms with E-state index in [1.807, 2.05) is 12.1 Å². The summed E-state index contributed by atoms with van der Waals surface area (Å²) in [4.78, 5) is 7.85. The Balaban J connectivity index is 1.71. The third-order valence-corrected chi connectivity index (χ3v) is 4.72. The number of aryl methyl sites for hydroxylation is 1. The summed E-state index contributed by atoms with van der Waals surface area (Å²) < 4.78 is 0. The van der Waals surface area contributed by atoms with Crippen LogP contribution >= 0.6 is 0 Å². The third-order valence-electron chi connectivity index (χ3n) is 4.72. The minimum atomic E-state index is 0.490. The maximum atomic E-state index is 9.49. The highest BCUT2D eigenvalue weighted by Crippen LogP contribution is 2.44. The van der Waals surface area contributed by atoms with Gasteiger partial charge in [0.2, 0.25) is 0 Å². The average molecular weight is 275 g/mol. The highest BCUT2D eigenvalue weighted by molar-refractivity contribution is 5.82. The van der Waals surface area contributed by atoms with E-state index < -0.39 is 0 Å². The lowest BCUT2D eigenvalue weighted by Crippen LogP contribution is -2.04. The average Bonchev–Trinajstić information content (AvgIpc) is 3.18. The number of nitrogens with zero attached hydrogens (tertiary/aromatic N) is 2. The molecule has 1 heterocycles. The molecule has 3 atom stereocenters. The van der Waals surface area contributed by atoms with Crippen LogP contribution in [0.1, 0.15) is 24.2 Å². The number of nitriles is 1. The van der Waals surface area contributed by atoms with Gasteiger partial charge in [-0.05, 0) is 55.2 Å². The van der Waals surface area contributed by atoms with Crippen LogP contribution in [-0.4, -0.2) is 9.97 Å². The van der Waals surface area contributed by atoms with Gasteiger partial charge in [-0.1, -0.05) is 24.3 Å². The largest absolute Gasteiger partial charge is 0.337 e. The summed E-state index contributed by atoms with van der Waals surface area (Å²) in [7, 11) is 0. The van der Waals surface area contributed by atoms with Crippen molar-refractivity contribution >= 4 is 16.6 Å². The number of aromatic amines is 1. The summed E-state index contributed by atoms with van der Waals surface area (Å²) in [6.45, 7) is 2.06. The van der Waals surface area contributed by atoms with Gasteiger partial charge in [-0.25, -0.2) is 4.98 Å². The number of hydrogen-bond donors (Lipinski definition) is 1. The molecule has 1 aromatic heterocycles. The van der Waals surface area contributed by atoms with Crippen LogP contribution < -0.4 is 0 Å². The second-order valence-corrected chi connectivity index (χ2v) is 6.24. The Labute approximate surface area is 124 Å². The predicted octanol–water partition coefficient (Wildman–Crippen LogP) is 3.99. The summed E-state index contributed by atoms with van der Waals surface area (Å²) in [5, 5.41) is 9.49. The van der Waals surface area contributed by atoms with Gasteiger partial charge in [0.15, 0.2) is 0 Å². The zero-order valence-electron chi connectivity index (χ0n) is 12.0. The van der Waals surface area contributed by atoms with Crippen molar-refractivity contribution in [2.75, 3.05) is 0 Å². The molecule has 21 heavy (non-hydrogen) atoms. The van der Waals surface area contributed by atoms with E-state index in [-0.39, 0.29) is 0 Å². The minimum Gasteiger partial charge on any atom is -0.337 e. The molecule has 2 bridgehead atoms. The zero-order valence-corrected chi connectivity index (χ0v) is 12.0. The highest BCUT2D eigenvalue weighted by Gasteiger charge is 2.34. The Morgan fingerprint density at radius 3 is 3.00 bits per heavy atom. The Morgan fingerprint density at radius 2 is 2.29 bits per heavy atom. The van der Waals surface area contributed by atoms with Crippen molar-refractivity contribution in [1.29, 1.82) is 5.26 Å². The van der Waals surface area contributed by atoms with E-state index in [9.17, 15) is 5.26 Å². The molecule has 0 radical (unpaired) electrons. The van der Waals surface area contributed by atoms with Gasteiger partial charge in [-0.2, -0.15) is 5.26 Å². The molecule has 2 aromatic rings. The van der Waals surface area contributed by atoms with Crippen molar-refractivity contribution in [2.24, 2.45) is 17.8 Å². The molecule has 1 saturated carbocycles. The standard InChI is InChI=1S/C18H17N3/c1-11-2-5-16-17(6-11)21-18(20-16)15(10-19)9-14-8-12-3-4-13(14)7-12/h2-6,9,12-14H,7-8H2,1H3,(H,20,21)/b15-9+. The van der Waals surface area contributed by atoms with Gasteiger partial charge in [0.1, 0.15) is 11.9 Å². The van der Waals surface area contributed by atoms with Crippen LogP contribution in [0, 0.1) is 36.0 Å². The molecule has 0 aliphatic heterocycles. The number of hydrogen-bond acceptors (Lipinski definition) is 2. The molecule has 1 fully saturated rings. The number of fused-ring (bicyclic) bond motifs is 3. The normalized spacial score (nSPS) is 27.4. The van der Waals surface area contributed by atoms with E-state index in [0.717, 1.165) is 17.0 Å². The first-order valence-electron chi connectivity index (χ1n) is 7.50. The van der Waals surface area contributed by atoms with Crippen LogP contribution in [0.15, 0.2) is 36.4 Å². The summed E-state index contributed by atoms with van der Waals surface area (Å²) in [5.74, 6) is 2.52. The molecule has 2 aliphatic carbocycles. The molecule has 0 saturated heterocycles. The summed E-state index contributed by atoms with van der Waals surface area (Å²) in [5.41, 5.74) is 3.79. The first kappa shape index (κ1) is 12.4. The number of H-pyrrole nitrogens is 1. The molecule has 104 valence electrons. The molecule has 4 rings (SSSR count). The lowest BCUT2D eigenvalue weighted by atomic mass is 9.91. The maximum Gasteiger partial charge on any atom is 0.148 e. The monoisotopic (exact) mass is 275 g/mol. The Kier molecular flexibility index (Phi) is 2.71. The van der Waals surface area contributed by atoms with Crippen LogP contribution in [-0.2, 0) is 0 Å². The molecule has 3 unspecified atom stereocenters. The smallest absolute Gasteiger partial charge is 0.148 e. The number of allylic oxidation sites excluding steroid dienone is 4. The lowest BCUT2D eigenvalue weighted by molar-refractivity contribution is 0.551. The first-order chi connectivity index (χ1) is 10.2. The van der Waals surface area contributed by atoms with Crippen molar-refractivity contribution in [1.82, 2.24) is 9.97 Å². The van der Waals surface area contributed by atoms with Gasteiger partial charge in [0.25, 0.3) is 0 Å². The van der Waals surface area contributed by atoms with Crippen LogP contribution in [0.2, 0.25) is 0 Å². The number of nitrogens with one attached hydrogen (secondary N) is 1. The van der Waals surface area contributed by atoms with Gasteiger partial charge in [0, 0.05) is 0 Å². The number of imidazole rings is 1. The van der Waals surface area contributed by atoms with Crippen LogP contribution in [0.3, 0.4) is 0 Å².